The van der Waals surface area contributed by atoms with Gasteiger partial charge in [-0.05, 0) is 43.7 Å². The van der Waals surface area contributed by atoms with Gasteiger partial charge in [-0.3, -0.25) is 9.59 Å². The molecule has 2 fully saturated rings. The molecule has 124 valence electrons. The SMILES string of the molecule is N[C@@H]1CCC[C@H]1CC(=O)Nc1ccccc1C(=O)N1CCCC1. The number of carbonyl (C=O) groups is 2. The Morgan fingerprint density at radius 3 is 2.57 bits per heavy atom. The van der Waals surface area contributed by atoms with Gasteiger partial charge in [0.2, 0.25) is 5.91 Å². The Morgan fingerprint density at radius 1 is 1.13 bits per heavy atom. The molecular weight excluding hydrogens is 290 g/mol. The smallest absolute Gasteiger partial charge is 0.255 e. The number of para-hydroxylation sites is 1. The van der Waals surface area contributed by atoms with E-state index in [2.05, 4.69) is 5.32 Å². The maximum absolute atomic E-state index is 12.6. The zero-order valence-corrected chi connectivity index (χ0v) is 13.5. The first kappa shape index (κ1) is 16.0. The minimum atomic E-state index is -0.0472. The first-order valence-electron chi connectivity index (χ1n) is 8.59. The molecule has 23 heavy (non-hydrogen) atoms. The Balaban J connectivity index is 1.67. The number of nitrogens with zero attached hydrogens (tertiary/aromatic N) is 1. The third-order valence-electron chi connectivity index (χ3n) is 4.99. The van der Waals surface area contributed by atoms with Crippen LogP contribution in [-0.2, 0) is 4.79 Å². The molecule has 2 atom stereocenters. The van der Waals surface area contributed by atoms with Crippen molar-refractivity contribution >= 4 is 17.5 Å². The number of likely N-dealkylation sites (tertiary alicyclic amines) is 1. The second-order valence-electron chi connectivity index (χ2n) is 6.65. The number of rotatable bonds is 4. The number of nitrogens with two attached hydrogens (primary N) is 1. The first-order valence-corrected chi connectivity index (χ1v) is 8.59. The Labute approximate surface area is 137 Å². The van der Waals surface area contributed by atoms with Crippen molar-refractivity contribution in [2.24, 2.45) is 11.7 Å². The van der Waals surface area contributed by atoms with Crippen molar-refractivity contribution in [3.05, 3.63) is 29.8 Å². The van der Waals surface area contributed by atoms with Gasteiger partial charge in [0.25, 0.3) is 5.91 Å². The van der Waals surface area contributed by atoms with E-state index in [0.29, 0.717) is 17.7 Å². The summed E-state index contributed by atoms with van der Waals surface area (Å²) in [6.45, 7) is 1.61. The summed E-state index contributed by atoms with van der Waals surface area (Å²) < 4.78 is 0. The monoisotopic (exact) mass is 315 g/mol. The molecule has 1 aromatic rings. The maximum atomic E-state index is 12.6. The Hall–Kier alpha value is -1.88. The quantitative estimate of drug-likeness (QED) is 0.895. The maximum Gasteiger partial charge on any atom is 0.255 e. The highest BCUT2D eigenvalue weighted by atomic mass is 16.2. The zero-order chi connectivity index (χ0) is 16.2. The van der Waals surface area contributed by atoms with Crippen molar-refractivity contribution < 1.29 is 9.59 Å². The van der Waals surface area contributed by atoms with E-state index in [0.717, 1.165) is 45.2 Å². The zero-order valence-electron chi connectivity index (χ0n) is 13.5. The molecule has 3 rings (SSSR count). The number of hydrogen-bond acceptors (Lipinski definition) is 3. The predicted molar refractivity (Wildman–Crippen MR) is 90.1 cm³/mol. The highest BCUT2D eigenvalue weighted by molar-refractivity contribution is 6.03. The summed E-state index contributed by atoms with van der Waals surface area (Å²) >= 11 is 0. The van der Waals surface area contributed by atoms with Crippen LogP contribution in [-0.4, -0.2) is 35.8 Å². The highest BCUT2D eigenvalue weighted by Crippen LogP contribution is 2.27. The summed E-state index contributed by atoms with van der Waals surface area (Å²) in [5.74, 6) is 0.224. The fourth-order valence-electron chi connectivity index (χ4n) is 3.63. The number of amides is 2. The van der Waals surface area contributed by atoms with Crippen LogP contribution in [0.4, 0.5) is 5.69 Å². The molecule has 2 aliphatic rings. The van der Waals surface area contributed by atoms with Gasteiger partial charge in [-0.1, -0.05) is 18.6 Å². The molecule has 3 N–H and O–H groups in total. The Bertz CT molecular complexity index is 581. The van der Waals surface area contributed by atoms with E-state index in [-0.39, 0.29) is 23.8 Å². The van der Waals surface area contributed by atoms with Crippen molar-refractivity contribution in [3.8, 4) is 0 Å². The van der Waals surface area contributed by atoms with Gasteiger partial charge in [0.05, 0.1) is 11.3 Å². The van der Waals surface area contributed by atoms with E-state index in [1.54, 1.807) is 12.1 Å². The molecule has 0 bridgehead atoms. The number of carbonyl (C=O) groups excluding carboxylic acids is 2. The van der Waals surface area contributed by atoms with Crippen LogP contribution in [0.5, 0.6) is 0 Å². The van der Waals surface area contributed by atoms with Crippen LogP contribution >= 0.6 is 0 Å². The Kier molecular flexibility index (Phi) is 4.96. The number of hydrogen-bond donors (Lipinski definition) is 2. The average Bonchev–Trinajstić information content (AvgIpc) is 3.20. The van der Waals surface area contributed by atoms with E-state index < -0.39 is 0 Å². The first-order chi connectivity index (χ1) is 11.1. The lowest BCUT2D eigenvalue weighted by atomic mass is 9.99. The van der Waals surface area contributed by atoms with Crippen LogP contribution in [0.3, 0.4) is 0 Å². The van der Waals surface area contributed by atoms with Gasteiger partial charge in [0, 0.05) is 25.6 Å². The lowest BCUT2D eigenvalue weighted by Gasteiger charge is -2.19. The topological polar surface area (TPSA) is 75.4 Å². The second-order valence-corrected chi connectivity index (χ2v) is 6.65. The van der Waals surface area contributed by atoms with Crippen LogP contribution in [0.15, 0.2) is 24.3 Å². The molecule has 5 nitrogen and oxygen atoms in total. The largest absolute Gasteiger partial charge is 0.339 e. The fraction of sp³-hybridized carbons (Fsp3) is 0.556. The van der Waals surface area contributed by atoms with Gasteiger partial charge in [0.1, 0.15) is 0 Å². The molecule has 1 saturated carbocycles. The van der Waals surface area contributed by atoms with Gasteiger partial charge in [0.15, 0.2) is 0 Å². The molecule has 1 aromatic carbocycles. The molecular formula is C18H25N3O2. The van der Waals surface area contributed by atoms with Crippen LogP contribution in [0, 0.1) is 5.92 Å². The lowest BCUT2D eigenvalue weighted by molar-refractivity contribution is -0.117. The number of benzene rings is 1. The molecule has 0 unspecified atom stereocenters. The van der Waals surface area contributed by atoms with Crippen LogP contribution < -0.4 is 11.1 Å². The van der Waals surface area contributed by atoms with E-state index in [9.17, 15) is 9.59 Å². The predicted octanol–water partition coefficient (Wildman–Crippen LogP) is 2.38. The number of nitrogens with one attached hydrogen (secondary N) is 1. The van der Waals surface area contributed by atoms with Gasteiger partial charge < -0.3 is 16.0 Å². The molecule has 1 aliphatic carbocycles. The minimum Gasteiger partial charge on any atom is -0.339 e. The summed E-state index contributed by atoms with van der Waals surface area (Å²) in [6.07, 6.45) is 5.67. The van der Waals surface area contributed by atoms with Crippen LogP contribution in [0.2, 0.25) is 0 Å². The second kappa shape index (κ2) is 7.13. The third-order valence-corrected chi connectivity index (χ3v) is 4.99. The number of anilines is 1. The van der Waals surface area contributed by atoms with E-state index in [1.165, 1.54) is 0 Å². The Morgan fingerprint density at radius 2 is 1.87 bits per heavy atom. The van der Waals surface area contributed by atoms with Gasteiger partial charge in [-0.25, -0.2) is 0 Å². The molecule has 0 aromatic heterocycles. The summed E-state index contributed by atoms with van der Waals surface area (Å²) in [6, 6.07) is 7.40. The van der Waals surface area contributed by atoms with Crippen molar-refractivity contribution in [3.63, 3.8) is 0 Å². The lowest BCUT2D eigenvalue weighted by Crippen LogP contribution is -2.30. The highest BCUT2D eigenvalue weighted by Gasteiger charge is 2.27. The molecule has 0 radical (unpaired) electrons. The van der Waals surface area contributed by atoms with E-state index >= 15 is 0 Å². The molecule has 5 heteroatoms. The van der Waals surface area contributed by atoms with Crippen molar-refractivity contribution in [2.45, 2.75) is 44.6 Å². The summed E-state index contributed by atoms with van der Waals surface area (Å²) in [5.41, 5.74) is 7.23. The van der Waals surface area contributed by atoms with Gasteiger partial charge in [-0.15, -0.1) is 0 Å². The molecule has 1 aliphatic heterocycles. The van der Waals surface area contributed by atoms with E-state index in [4.69, 9.17) is 5.73 Å². The van der Waals surface area contributed by atoms with Gasteiger partial charge >= 0.3 is 0 Å². The van der Waals surface area contributed by atoms with Gasteiger partial charge in [-0.2, -0.15) is 0 Å². The van der Waals surface area contributed by atoms with Crippen molar-refractivity contribution in [1.29, 1.82) is 0 Å². The van der Waals surface area contributed by atoms with Crippen LogP contribution in [0.25, 0.3) is 0 Å². The summed E-state index contributed by atoms with van der Waals surface area (Å²) in [7, 11) is 0. The standard InChI is InChI=1S/C18H25N3O2/c19-15-8-5-6-13(15)12-17(22)20-16-9-2-1-7-14(16)18(23)21-10-3-4-11-21/h1-2,7,9,13,15H,3-6,8,10-12,19H2,(H,20,22)/t13-,15+/m0/s1. The average molecular weight is 315 g/mol. The fourth-order valence-corrected chi connectivity index (χ4v) is 3.63. The minimum absolute atomic E-state index is 0.0102. The van der Waals surface area contributed by atoms with Crippen molar-refractivity contribution in [2.75, 3.05) is 18.4 Å². The van der Waals surface area contributed by atoms with Crippen molar-refractivity contribution in [1.82, 2.24) is 4.90 Å². The van der Waals surface area contributed by atoms with Crippen LogP contribution in [0.1, 0.15) is 48.9 Å². The normalized spacial score (nSPS) is 24.0. The molecule has 1 saturated heterocycles. The molecule has 1 heterocycles. The molecule has 2 amide bonds. The summed E-state index contributed by atoms with van der Waals surface area (Å²) in [4.78, 5) is 26.8. The third kappa shape index (κ3) is 3.72. The van der Waals surface area contributed by atoms with E-state index in [1.807, 2.05) is 17.0 Å². The molecule has 0 spiro atoms. The summed E-state index contributed by atoms with van der Waals surface area (Å²) in [5, 5.41) is 2.92.